The van der Waals surface area contributed by atoms with Crippen molar-refractivity contribution in [3.63, 3.8) is 0 Å². The lowest BCUT2D eigenvalue weighted by atomic mass is 10.0. The number of nitrogens with two attached hydrogens (primary N) is 1. The van der Waals surface area contributed by atoms with E-state index >= 15 is 0 Å². The van der Waals surface area contributed by atoms with Crippen molar-refractivity contribution in [1.29, 1.82) is 0 Å². The van der Waals surface area contributed by atoms with Gasteiger partial charge < -0.3 is 15.4 Å². The summed E-state index contributed by atoms with van der Waals surface area (Å²) in [6.07, 6.45) is 13.8. The number of imide groups is 1. The van der Waals surface area contributed by atoms with Crippen LogP contribution in [-0.4, -0.2) is 46.3 Å². The van der Waals surface area contributed by atoms with E-state index in [-0.39, 0.29) is 37.6 Å². The van der Waals surface area contributed by atoms with Gasteiger partial charge in [-0.25, -0.2) is 4.90 Å². The monoisotopic (exact) mass is 499 g/mol. The van der Waals surface area contributed by atoms with Crippen LogP contribution in [0, 0.1) is 0 Å². The van der Waals surface area contributed by atoms with Crippen LogP contribution in [0.4, 0.5) is 5.69 Å². The van der Waals surface area contributed by atoms with Crippen LogP contribution < -0.4 is 5.73 Å². The maximum absolute atomic E-state index is 13.1. The number of carbonyl (C=O) groups excluding carboxylic acids is 4. The molecule has 8 nitrogen and oxygen atoms in total. The molecule has 0 aromatic heterocycles. The number of likely N-dealkylation sites (tertiary alicyclic amines) is 1. The molecule has 3 rings (SSSR count). The minimum absolute atomic E-state index is 0.113. The molecule has 1 fully saturated rings. The lowest BCUT2D eigenvalue weighted by Crippen LogP contribution is -2.55. The summed E-state index contributed by atoms with van der Waals surface area (Å²) in [6, 6.07) is 4.36. The Hall–Kier alpha value is -2.90. The second-order valence-corrected chi connectivity index (χ2v) is 9.95. The Balaban J connectivity index is 1.35. The fraction of sp³-hybridized carbons (Fsp3) is 0.643. The van der Waals surface area contributed by atoms with Crippen LogP contribution in [-0.2, 0) is 25.7 Å². The number of rotatable bonds is 15. The van der Waals surface area contributed by atoms with Crippen molar-refractivity contribution in [1.82, 2.24) is 9.80 Å². The molecule has 0 radical (unpaired) electrons. The highest BCUT2D eigenvalue weighted by molar-refractivity contribution is 6.06. The zero-order chi connectivity index (χ0) is 25.9. The van der Waals surface area contributed by atoms with Gasteiger partial charge in [0, 0.05) is 36.2 Å². The van der Waals surface area contributed by atoms with Gasteiger partial charge in [0.1, 0.15) is 6.04 Å². The van der Waals surface area contributed by atoms with Crippen LogP contribution in [0.2, 0.25) is 0 Å². The van der Waals surface area contributed by atoms with E-state index in [4.69, 9.17) is 10.5 Å². The van der Waals surface area contributed by atoms with Gasteiger partial charge in [-0.3, -0.25) is 19.2 Å². The standard InChI is InChI=1S/C28H41N3O5/c1-2-3-4-5-6-7-8-9-10-11-12-16-26(33)36-20-31-25(32)18-17-24(28(31)35)30-19-22-21(27(30)34)14-13-15-23(22)29/h13-15,24H,2-12,16-20,29H2,1H3. The Morgan fingerprint density at radius 1 is 0.972 bits per heavy atom. The van der Waals surface area contributed by atoms with Gasteiger partial charge in [-0.15, -0.1) is 0 Å². The van der Waals surface area contributed by atoms with Crippen molar-refractivity contribution >= 4 is 29.4 Å². The van der Waals surface area contributed by atoms with Gasteiger partial charge in [-0.2, -0.15) is 0 Å². The fourth-order valence-electron chi connectivity index (χ4n) is 5.02. The van der Waals surface area contributed by atoms with Gasteiger partial charge in [0.25, 0.3) is 11.8 Å². The predicted molar refractivity (Wildman–Crippen MR) is 138 cm³/mol. The Labute approximate surface area is 214 Å². The third-order valence-corrected chi connectivity index (χ3v) is 7.23. The molecular weight excluding hydrogens is 458 g/mol. The molecule has 2 aliphatic heterocycles. The molecule has 1 unspecified atom stereocenters. The van der Waals surface area contributed by atoms with Gasteiger partial charge in [-0.1, -0.05) is 77.2 Å². The van der Waals surface area contributed by atoms with Crippen molar-refractivity contribution in [2.75, 3.05) is 12.5 Å². The second kappa shape index (κ2) is 14.0. The van der Waals surface area contributed by atoms with Gasteiger partial charge in [0.15, 0.2) is 6.73 Å². The third-order valence-electron chi connectivity index (χ3n) is 7.23. The minimum atomic E-state index is -0.771. The van der Waals surface area contributed by atoms with Crippen LogP contribution in [0.5, 0.6) is 0 Å². The van der Waals surface area contributed by atoms with Crippen molar-refractivity contribution in [3.05, 3.63) is 29.3 Å². The zero-order valence-corrected chi connectivity index (χ0v) is 21.6. The van der Waals surface area contributed by atoms with E-state index in [9.17, 15) is 19.2 Å². The number of hydrogen-bond donors (Lipinski definition) is 1. The van der Waals surface area contributed by atoms with Crippen molar-refractivity contribution in [2.24, 2.45) is 0 Å². The third kappa shape index (κ3) is 7.31. The number of nitrogen functional groups attached to an aromatic ring is 1. The van der Waals surface area contributed by atoms with Crippen LogP contribution in [0.25, 0.3) is 0 Å². The number of nitrogens with zero attached hydrogens (tertiary/aromatic N) is 2. The van der Waals surface area contributed by atoms with E-state index in [1.165, 1.54) is 56.3 Å². The lowest BCUT2D eigenvalue weighted by molar-refractivity contribution is -0.164. The molecule has 1 aromatic carbocycles. The molecule has 0 saturated carbocycles. The number of amides is 3. The molecule has 1 atom stereocenters. The van der Waals surface area contributed by atoms with Gasteiger partial charge >= 0.3 is 5.97 Å². The molecule has 0 spiro atoms. The highest BCUT2D eigenvalue weighted by Crippen LogP contribution is 2.32. The topological polar surface area (TPSA) is 110 Å². The maximum Gasteiger partial charge on any atom is 0.307 e. The van der Waals surface area contributed by atoms with E-state index in [1.807, 2.05) is 0 Å². The average Bonchev–Trinajstić information content (AvgIpc) is 3.20. The number of hydrogen-bond acceptors (Lipinski definition) is 6. The van der Waals surface area contributed by atoms with E-state index < -0.39 is 24.6 Å². The summed E-state index contributed by atoms with van der Waals surface area (Å²) in [4.78, 5) is 52.9. The highest BCUT2D eigenvalue weighted by Gasteiger charge is 2.43. The van der Waals surface area contributed by atoms with Crippen LogP contribution >= 0.6 is 0 Å². The van der Waals surface area contributed by atoms with E-state index in [2.05, 4.69) is 6.92 Å². The van der Waals surface area contributed by atoms with Crippen LogP contribution in [0.15, 0.2) is 18.2 Å². The summed E-state index contributed by atoms with van der Waals surface area (Å²) < 4.78 is 5.25. The number of piperidine rings is 1. The number of anilines is 1. The molecule has 36 heavy (non-hydrogen) atoms. The molecule has 8 heteroatoms. The first-order chi connectivity index (χ1) is 17.4. The molecule has 2 N–H and O–H groups in total. The Kier molecular flexibility index (Phi) is 10.8. The molecule has 2 heterocycles. The average molecular weight is 500 g/mol. The van der Waals surface area contributed by atoms with Gasteiger partial charge in [0.2, 0.25) is 5.91 Å². The summed E-state index contributed by atoms with van der Waals surface area (Å²) in [5, 5.41) is 0. The summed E-state index contributed by atoms with van der Waals surface area (Å²) in [5.41, 5.74) is 7.71. The predicted octanol–water partition coefficient (Wildman–Crippen LogP) is 4.94. The Morgan fingerprint density at radius 2 is 1.61 bits per heavy atom. The van der Waals surface area contributed by atoms with Crippen LogP contribution in [0.1, 0.15) is 113 Å². The van der Waals surface area contributed by atoms with Crippen LogP contribution in [0.3, 0.4) is 0 Å². The molecule has 3 amide bonds. The van der Waals surface area contributed by atoms with Crippen molar-refractivity contribution in [3.8, 4) is 0 Å². The molecular formula is C28H41N3O5. The lowest BCUT2D eigenvalue weighted by Gasteiger charge is -2.35. The summed E-state index contributed by atoms with van der Waals surface area (Å²) in [6.45, 7) is 2.06. The number of esters is 1. The minimum Gasteiger partial charge on any atom is -0.444 e. The Morgan fingerprint density at radius 3 is 2.25 bits per heavy atom. The largest absolute Gasteiger partial charge is 0.444 e. The molecule has 0 bridgehead atoms. The quantitative estimate of drug-likeness (QED) is 0.158. The van der Waals surface area contributed by atoms with Crippen molar-refractivity contribution in [2.45, 2.75) is 109 Å². The summed E-state index contributed by atoms with van der Waals surface area (Å²) in [7, 11) is 0. The Bertz CT molecular complexity index is 932. The number of carbonyl (C=O) groups is 4. The second-order valence-electron chi connectivity index (χ2n) is 9.95. The zero-order valence-electron chi connectivity index (χ0n) is 21.6. The SMILES string of the molecule is CCCCCCCCCCCCCC(=O)OCN1C(=O)CCC(N2Cc3c(N)cccc3C2=O)C1=O. The number of benzene rings is 1. The maximum atomic E-state index is 13.1. The summed E-state index contributed by atoms with van der Waals surface area (Å²) >= 11 is 0. The number of ether oxygens (including phenoxy) is 1. The van der Waals surface area contributed by atoms with E-state index in [0.717, 1.165) is 24.2 Å². The first kappa shape index (κ1) is 27.7. The molecule has 0 aliphatic carbocycles. The summed E-state index contributed by atoms with van der Waals surface area (Å²) in [5.74, 6) is -1.57. The molecule has 2 aliphatic rings. The fourth-order valence-corrected chi connectivity index (χ4v) is 5.02. The van der Waals surface area contributed by atoms with Gasteiger partial charge in [0.05, 0.1) is 0 Å². The van der Waals surface area contributed by atoms with Crippen molar-refractivity contribution < 1.29 is 23.9 Å². The number of fused-ring (bicyclic) bond motifs is 1. The molecule has 1 saturated heterocycles. The smallest absolute Gasteiger partial charge is 0.307 e. The first-order valence-corrected chi connectivity index (χ1v) is 13.6. The first-order valence-electron chi connectivity index (χ1n) is 13.6. The van der Waals surface area contributed by atoms with Gasteiger partial charge in [-0.05, 0) is 25.0 Å². The van der Waals surface area contributed by atoms with E-state index in [0.29, 0.717) is 16.8 Å². The molecule has 1 aromatic rings. The highest BCUT2D eigenvalue weighted by atomic mass is 16.5. The number of unbranched alkanes of at least 4 members (excludes halogenated alkanes) is 10. The van der Waals surface area contributed by atoms with E-state index in [1.54, 1.807) is 18.2 Å². The molecule has 198 valence electrons. The normalized spacial score (nSPS) is 17.6.